The van der Waals surface area contributed by atoms with Gasteiger partial charge in [-0.2, -0.15) is 0 Å². The first-order valence-corrected chi connectivity index (χ1v) is 7.05. The number of hydrogen-bond acceptors (Lipinski definition) is 3. The van der Waals surface area contributed by atoms with Crippen molar-refractivity contribution in [1.82, 2.24) is 4.98 Å². The van der Waals surface area contributed by atoms with E-state index in [9.17, 15) is 0 Å². The Morgan fingerprint density at radius 3 is 2.62 bits per heavy atom. The van der Waals surface area contributed by atoms with Crippen LogP contribution in [0.4, 0.5) is 0 Å². The number of nitrogens with zero attached hydrogens (tertiary/aromatic N) is 1. The number of ether oxygens (including phenoxy) is 1. The summed E-state index contributed by atoms with van der Waals surface area (Å²) in [6.07, 6.45) is 1.52. The molecule has 2 aromatic rings. The lowest BCUT2D eigenvalue weighted by molar-refractivity contribution is 0.462. The third-order valence-electron chi connectivity index (χ3n) is 3.23. The Hall–Kier alpha value is -2.07. The molecule has 0 saturated heterocycles. The van der Waals surface area contributed by atoms with E-state index in [1.165, 1.54) is 11.8 Å². The lowest BCUT2D eigenvalue weighted by Crippen LogP contribution is -2.12. The van der Waals surface area contributed by atoms with Gasteiger partial charge in [0.2, 0.25) is 5.88 Å². The number of nitrogens with one attached hydrogen (secondary N) is 1. The van der Waals surface area contributed by atoms with Crippen LogP contribution in [-0.2, 0) is 0 Å². The number of benzene rings is 1. The van der Waals surface area contributed by atoms with Crippen molar-refractivity contribution in [2.24, 2.45) is 5.73 Å². The Balaban J connectivity index is 2.33. The van der Waals surface area contributed by atoms with Gasteiger partial charge in [-0.1, -0.05) is 31.5 Å². The van der Waals surface area contributed by atoms with Gasteiger partial charge in [-0.05, 0) is 42.2 Å². The molecule has 0 spiro atoms. The van der Waals surface area contributed by atoms with Crippen LogP contribution in [0.15, 0.2) is 30.5 Å². The molecule has 1 heterocycles. The number of halogens is 1. The van der Waals surface area contributed by atoms with E-state index < -0.39 is 0 Å². The van der Waals surface area contributed by atoms with Crippen LogP contribution in [-0.4, -0.2) is 10.8 Å². The molecule has 0 atom stereocenters. The van der Waals surface area contributed by atoms with Gasteiger partial charge in [0.15, 0.2) is 0 Å². The number of aromatic nitrogens is 1. The molecule has 5 heteroatoms. The van der Waals surface area contributed by atoms with E-state index >= 15 is 0 Å². The van der Waals surface area contributed by atoms with Crippen LogP contribution in [0.3, 0.4) is 0 Å². The van der Waals surface area contributed by atoms with Crippen molar-refractivity contribution in [2.75, 3.05) is 0 Å². The number of hydrogen-bond donors (Lipinski definition) is 2. The summed E-state index contributed by atoms with van der Waals surface area (Å²) in [5.41, 5.74) is 8.31. The second kappa shape index (κ2) is 6.14. The number of nitrogens with two attached hydrogens (primary N) is 1. The molecule has 0 aliphatic rings. The van der Waals surface area contributed by atoms with E-state index in [0.717, 1.165) is 5.56 Å². The first-order valence-electron chi connectivity index (χ1n) is 6.67. The number of pyridine rings is 1. The van der Waals surface area contributed by atoms with E-state index in [2.05, 4.69) is 18.8 Å². The maximum Gasteiger partial charge on any atom is 0.238 e. The molecular weight excluding hydrogens is 286 g/mol. The van der Waals surface area contributed by atoms with Crippen LogP contribution in [0.2, 0.25) is 5.02 Å². The van der Waals surface area contributed by atoms with Crippen molar-refractivity contribution in [2.45, 2.75) is 26.7 Å². The second-order valence-corrected chi connectivity index (χ2v) is 5.54. The summed E-state index contributed by atoms with van der Waals surface area (Å²) in [5, 5.41) is 7.72. The van der Waals surface area contributed by atoms with Gasteiger partial charge in [0.25, 0.3) is 0 Å². The summed E-state index contributed by atoms with van der Waals surface area (Å²) in [4.78, 5) is 4.10. The molecule has 0 saturated carbocycles. The smallest absolute Gasteiger partial charge is 0.238 e. The normalized spacial score (nSPS) is 10.7. The molecule has 1 aromatic heterocycles. The van der Waals surface area contributed by atoms with Gasteiger partial charge in [-0.25, -0.2) is 4.98 Å². The minimum Gasteiger partial charge on any atom is -0.438 e. The van der Waals surface area contributed by atoms with Crippen LogP contribution in [0, 0.1) is 12.3 Å². The first kappa shape index (κ1) is 15.3. The van der Waals surface area contributed by atoms with Crippen molar-refractivity contribution in [3.63, 3.8) is 0 Å². The average Bonchev–Trinajstić information content (AvgIpc) is 2.40. The zero-order valence-electron chi connectivity index (χ0n) is 12.3. The molecule has 3 N–H and O–H groups in total. The number of aryl methyl sites for hydroxylation is 1. The summed E-state index contributed by atoms with van der Waals surface area (Å²) in [6, 6.07) is 7.47. The molecule has 0 radical (unpaired) electrons. The highest BCUT2D eigenvalue weighted by Gasteiger charge is 2.12. The quantitative estimate of drug-likeness (QED) is 0.655. The number of amidine groups is 1. The maximum absolute atomic E-state index is 7.47. The lowest BCUT2D eigenvalue weighted by Gasteiger charge is -2.13. The van der Waals surface area contributed by atoms with Gasteiger partial charge in [-0.3, -0.25) is 5.41 Å². The molecule has 0 unspecified atom stereocenters. The molecule has 0 fully saturated rings. The van der Waals surface area contributed by atoms with Gasteiger partial charge in [0.05, 0.1) is 0 Å². The molecule has 0 amide bonds. The number of nitrogen functional groups attached to an aromatic ring is 1. The first-order chi connectivity index (χ1) is 9.90. The Labute approximate surface area is 129 Å². The van der Waals surface area contributed by atoms with Gasteiger partial charge < -0.3 is 10.5 Å². The van der Waals surface area contributed by atoms with Gasteiger partial charge >= 0.3 is 0 Å². The molecule has 0 bridgehead atoms. The van der Waals surface area contributed by atoms with Crippen molar-refractivity contribution in [3.05, 3.63) is 52.2 Å². The van der Waals surface area contributed by atoms with Gasteiger partial charge in [-0.15, -0.1) is 0 Å². The maximum atomic E-state index is 7.47. The van der Waals surface area contributed by atoms with Crippen LogP contribution < -0.4 is 10.5 Å². The SMILES string of the molecule is Cc1cc(Oc2nccc(C(=N)N)c2Cl)ccc1C(C)C. The highest BCUT2D eigenvalue weighted by Crippen LogP contribution is 2.31. The summed E-state index contributed by atoms with van der Waals surface area (Å²) >= 11 is 6.17. The topological polar surface area (TPSA) is 72.0 Å². The molecule has 1 aromatic carbocycles. The van der Waals surface area contributed by atoms with E-state index in [-0.39, 0.29) is 16.7 Å². The van der Waals surface area contributed by atoms with Gasteiger partial charge in [0, 0.05) is 11.8 Å². The van der Waals surface area contributed by atoms with E-state index in [0.29, 0.717) is 17.2 Å². The highest BCUT2D eigenvalue weighted by atomic mass is 35.5. The Kier molecular flexibility index (Phi) is 4.48. The summed E-state index contributed by atoms with van der Waals surface area (Å²) < 4.78 is 5.72. The fraction of sp³-hybridized carbons (Fsp3) is 0.250. The zero-order valence-corrected chi connectivity index (χ0v) is 13.0. The fourth-order valence-electron chi connectivity index (χ4n) is 2.17. The minimum absolute atomic E-state index is 0.112. The Morgan fingerprint density at radius 1 is 1.33 bits per heavy atom. The van der Waals surface area contributed by atoms with Crippen molar-refractivity contribution in [1.29, 1.82) is 5.41 Å². The van der Waals surface area contributed by atoms with Crippen LogP contribution in [0.1, 0.15) is 36.5 Å². The summed E-state index contributed by atoms with van der Waals surface area (Å²) in [7, 11) is 0. The van der Waals surface area contributed by atoms with Crippen LogP contribution in [0.25, 0.3) is 0 Å². The zero-order chi connectivity index (χ0) is 15.6. The predicted octanol–water partition coefficient (Wildman–Crippen LogP) is 4.24. The highest BCUT2D eigenvalue weighted by molar-refractivity contribution is 6.35. The standard InChI is InChI=1S/C16H18ClN3O/c1-9(2)12-5-4-11(8-10(12)3)21-16-14(17)13(15(18)19)6-7-20-16/h4-9H,1-3H3,(H3,18,19). The largest absolute Gasteiger partial charge is 0.438 e. The fourth-order valence-corrected chi connectivity index (χ4v) is 2.43. The molecule has 0 aliphatic heterocycles. The third kappa shape index (κ3) is 3.34. The van der Waals surface area contributed by atoms with Crippen LogP contribution >= 0.6 is 11.6 Å². The average molecular weight is 304 g/mol. The Morgan fingerprint density at radius 2 is 2.05 bits per heavy atom. The molecule has 2 rings (SSSR count). The van der Waals surface area contributed by atoms with Gasteiger partial charge in [0.1, 0.15) is 16.6 Å². The van der Waals surface area contributed by atoms with E-state index in [4.69, 9.17) is 27.5 Å². The van der Waals surface area contributed by atoms with Crippen LogP contribution in [0.5, 0.6) is 11.6 Å². The second-order valence-electron chi connectivity index (χ2n) is 5.17. The third-order valence-corrected chi connectivity index (χ3v) is 3.59. The number of rotatable bonds is 4. The summed E-state index contributed by atoms with van der Waals surface area (Å²) in [5.74, 6) is 1.26. The predicted molar refractivity (Wildman–Crippen MR) is 85.6 cm³/mol. The van der Waals surface area contributed by atoms with E-state index in [1.54, 1.807) is 6.07 Å². The lowest BCUT2D eigenvalue weighted by atomic mass is 9.98. The van der Waals surface area contributed by atoms with Crippen molar-refractivity contribution < 1.29 is 4.74 Å². The molecular formula is C16H18ClN3O. The van der Waals surface area contributed by atoms with Crippen molar-refractivity contribution >= 4 is 17.4 Å². The summed E-state index contributed by atoms with van der Waals surface area (Å²) in [6.45, 7) is 6.35. The monoisotopic (exact) mass is 303 g/mol. The van der Waals surface area contributed by atoms with Crippen molar-refractivity contribution in [3.8, 4) is 11.6 Å². The molecule has 110 valence electrons. The Bertz CT molecular complexity index is 683. The molecule has 4 nitrogen and oxygen atoms in total. The minimum atomic E-state index is -0.112. The molecule has 0 aliphatic carbocycles. The van der Waals surface area contributed by atoms with E-state index in [1.807, 2.05) is 25.1 Å². The molecule has 21 heavy (non-hydrogen) atoms.